The largest absolute Gasteiger partial charge is 0.324 e. The first-order chi connectivity index (χ1) is 13.4. The number of hydrogen-bond donors (Lipinski definition) is 1. The van der Waals surface area contributed by atoms with Crippen molar-refractivity contribution in [2.24, 2.45) is 0 Å². The van der Waals surface area contributed by atoms with Crippen molar-refractivity contribution < 1.29 is 9.18 Å². The molecule has 28 heavy (non-hydrogen) atoms. The van der Waals surface area contributed by atoms with Crippen LogP contribution in [0.3, 0.4) is 0 Å². The molecule has 1 N–H and O–H groups in total. The average Bonchev–Trinajstić information content (AvgIpc) is 2.66. The van der Waals surface area contributed by atoms with Crippen molar-refractivity contribution in [3.63, 3.8) is 0 Å². The Morgan fingerprint density at radius 2 is 2.00 bits per heavy atom. The molecule has 0 saturated heterocycles. The van der Waals surface area contributed by atoms with Crippen LogP contribution < -0.4 is 10.9 Å². The Bertz CT molecular complexity index is 1100. The molecule has 0 atom stereocenters. The number of hydrogen-bond acceptors (Lipinski definition) is 3. The van der Waals surface area contributed by atoms with Crippen molar-refractivity contribution in [1.82, 2.24) is 9.55 Å². The molecule has 3 aromatic rings. The predicted molar refractivity (Wildman–Crippen MR) is 108 cm³/mol. The topological polar surface area (TPSA) is 64.0 Å². The molecule has 0 aliphatic carbocycles. The van der Waals surface area contributed by atoms with Gasteiger partial charge in [-0.05, 0) is 43.2 Å². The summed E-state index contributed by atoms with van der Waals surface area (Å²) >= 11 is 5.99. The summed E-state index contributed by atoms with van der Waals surface area (Å²) < 4.78 is 14.9. The SMILES string of the molecule is CCc1cc(=O)n(CC(=O)Nc2cc(Cl)ccc2C)c(-c2cccc(F)c2)n1. The third kappa shape index (κ3) is 4.46. The molecular formula is C21H19ClFN3O2. The summed E-state index contributed by atoms with van der Waals surface area (Å²) in [5.74, 6) is -0.600. The molecule has 0 fully saturated rings. The molecule has 0 spiro atoms. The second kappa shape index (κ2) is 8.35. The molecule has 0 saturated carbocycles. The van der Waals surface area contributed by atoms with E-state index in [-0.39, 0.29) is 17.9 Å². The van der Waals surface area contributed by atoms with E-state index < -0.39 is 11.7 Å². The summed E-state index contributed by atoms with van der Waals surface area (Å²) in [5.41, 5.74) is 2.04. The van der Waals surface area contributed by atoms with Crippen LogP contribution in [0.4, 0.5) is 10.1 Å². The first-order valence-corrected chi connectivity index (χ1v) is 9.18. The fourth-order valence-electron chi connectivity index (χ4n) is 2.80. The number of nitrogens with one attached hydrogen (secondary N) is 1. The first-order valence-electron chi connectivity index (χ1n) is 8.80. The maximum atomic E-state index is 13.7. The molecule has 144 valence electrons. The highest BCUT2D eigenvalue weighted by Crippen LogP contribution is 2.21. The summed E-state index contributed by atoms with van der Waals surface area (Å²) in [4.78, 5) is 29.7. The molecular weight excluding hydrogens is 381 g/mol. The smallest absolute Gasteiger partial charge is 0.254 e. The van der Waals surface area contributed by atoms with Crippen molar-refractivity contribution in [3.8, 4) is 11.4 Å². The van der Waals surface area contributed by atoms with E-state index in [4.69, 9.17) is 11.6 Å². The van der Waals surface area contributed by atoms with Crippen LogP contribution in [0.5, 0.6) is 0 Å². The van der Waals surface area contributed by atoms with Crippen LogP contribution in [0.1, 0.15) is 18.2 Å². The van der Waals surface area contributed by atoms with Gasteiger partial charge in [-0.15, -0.1) is 0 Å². The molecule has 7 heteroatoms. The van der Waals surface area contributed by atoms with Gasteiger partial charge < -0.3 is 5.32 Å². The maximum Gasteiger partial charge on any atom is 0.254 e. The van der Waals surface area contributed by atoms with Crippen LogP contribution in [-0.2, 0) is 17.8 Å². The maximum absolute atomic E-state index is 13.7. The zero-order valence-electron chi connectivity index (χ0n) is 15.5. The van der Waals surface area contributed by atoms with Crippen LogP contribution >= 0.6 is 11.6 Å². The molecule has 5 nitrogen and oxygen atoms in total. The lowest BCUT2D eigenvalue weighted by Gasteiger charge is -2.14. The Morgan fingerprint density at radius 3 is 2.71 bits per heavy atom. The first kappa shape index (κ1) is 19.8. The van der Waals surface area contributed by atoms with Gasteiger partial charge in [-0.25, -0.2) is 9.37 Å². The molecule has 1 heterocycles. The van der Waals surface area contributed by atoms with Gasteiger partial charge in [0, 0.05) is 28.0 Å². The number of halogens is 2. The lowest BCUT2D eigenvalue weighted by Crippen LogP contribution is -2.30. The van der Waals surface area contributed by atoms with E-state index in [0.717, 1.165) is 5.56 Å². The molecule has 1 amide bonds. The zero-order valence-corrected chi connectivity index (χ0v) is 16.3. The molecule has 0 bridgehead atoms. The average molecular weight is 400 g/mol. The third-order valence-corrected chi connectivity index (χ3v) is 4.52. The number of nitrogens with zero attached hydrogens (tertiary/aromatic N) is 2. The number of aromatic nitrogens is 2. The summed E-state index contributed by atoms with van der Waals surface area (Å²) in [6.45, 7) is 3.46. The van der Waals surface area contributed by atoms with Crippen molar-refractivity contribution in [2.75, 3.05) is 5.32 Å². The predicted octanol–water partition coefficient (Wildman–Crippen LogP) is 4.21. The van der Waals surface area contributed by atoms with Gasteiger partial charge in [-0.3, -0.25) is 14.2 Å². The van der Waals surface area contributed by atoms with Crippen molar-refractivity contribution in [3.05, 3.63) is 81.0 Å². The monoisotopic (exact) mass is 399 g/mol. The lowest BCUT2D eigenvalue weighted by molar-refractivity contribution is -0.116. The molecule has 2 aromatic carbocycles. The molecule has 0 aliphatic heterocycles. The molecule has 1 aromatic heterocycles. The van der Waals surface area contributed by atoms with E-state index in [1.807, 2.05) is 13.8 Å². The van der Waals surface area contributed by atoms with E-state index in [1.165, 1.54) is 28.8 Å². The summed E-state index contributed by atoms with van der Waals surface area (Å²) in [6, 6.07) is 12.3. The quantitative estimate of drug-likeness (QED) is 0.698. The number of amides is 1. The molecule has 3 rings (SSSR count). The minimum Gasteiger partial charge on any atom is -0.324 e. The Labute approximate surface area is 166 Å². The molecule has 0 aliphatic rings. The molecule has 0 unspecified atom stereocenters. The van der Waals surface area contributed by atoms with E-state index in [2.05, 4.69) is 10.3 Å². The van der Waals surface area contributed by atoms with Crippen molar-refractivity contribution in [2.45, 2.75) is 26.8 Å². The second-order valence-electron chi connectivity index (χ2n) is 6.37. The van der Waals surface area contributed by atoms with E-state index >= 15 is 0 Å². The standard InChI is InChI=1S/C21H19ClFN3O2/c1-3-17-11-20(28)26(21(24-17)14-5-4-6-16(23)9-14)12-19(27)25-18-10-15(22)8-7-13(18)2/h4-11H,3,12H2,1-2H3,(H,25,27). The second-order valence-corrected chi connectivity index (χ2v) is 6.80. The van der Waals surface area contributed by atoms with Crippen molar-refractivity contribution in [1.29, 1.82) is 0 Å². The fraction of sp³-hybridized carbons (Fsp3) is 0.190. The Morgan fingerprint density at radius 1 is 1.21 bits per heavy atom. The number of anilines is 1. The van der Waals surface area contributed by atoms with E-state index in [9.17, 15) is 14.0 Å². The van der Waals surface area contributed by atoms with Gasteiger partial charge in [0.05, 0.1) is 0 Å². The van der Waals surface area contributed by atoms with Gasteiger partial charge in [0.1, 0.15) is 18.2 Å². The molecule has 0 radical (unpaired) electrons. The van der Waals surface area contributed by atoms with Gasteiger partial charge in [0.25, 0.3) is 5.56 Å². The van der Waals surface area contributed by atoms with Crippen LogP contribution in [0.25, 0.3) is 11.4 Å². The summed E-state index contributed by atoms with van der Waals surface area (Å²) in [5, 5.41) is 3.25. The Kier molecular flexibility index (Phi) is 5.90. The number of rotatable bonds is 5. The summed E-state index contributed by atoms with van der Waals surface area (Å²) in [7, 11) is 0. The Balaban J connectivity index is 1.98. The Hall–Kier alpha value is -2.99. The number of benzene rings is 2. The minimum absolute atomic E-state index is 0.252. The number of aryl methyl sites for hydroxylation is 2. The van der Waals surface area contributed by atoms with Crippen LogP contribution in [-0.4, -0.2) is 15.5 Å². The highest BCUT2D eigenvalue weighted by molar-refractivity contribution is 6.31. The van der Waals surface area contributed by atoms with Crippen LogP contribution in [0.2, 0.25) is 5.02 Å². The normalized spacial score (nSPS) is 10.7. The van der Waals surface area contributed by atoms with Crippen molar-refractivity contribution >= 4 is 23.2 Å². The third-order valence-electron chi connectivity index (χ3n) is 4.28. The number of carbonyl (C=O) groups is 1. The fourth-order valence-corrected chi connectivity index (χ4v) is 2.97. The highest BCUT2D eigenvalue weighted by atomic mass is 35.5. The highest BCUT2D eigenvalue weighted by Gasteiger charge is 2.15. The van der Waals surface area contributed by atoms with Gasteiger partial charge in [-0.1, -0.05) is 36.7 Å². The van der Waals surface area contributed by atoms with Gasteiger partial charge in [0.15, 0.2) is 0 Å². The lowest BCUT2D eigenvalue weighted by atomic mass is 10.2. The van der Waals surface area contributed by atoms with Crippen LogP contribution in [0, 0.1) is 12.7 Å². The van der Waals surface area contributed by atoms with Gasteiger partial charge in [-0.2, -0.15) is 0 Å². The van der Waals surface area contributed by atoms with Gasteiger partial charge in [0.2, 0.25) is 5.91 Å². The summed E-state index contributed by atoms with van der Waals surface area (Å²) in [6.07, 6.45) is 0.548. The van der Waals surface area contributed by atoms with Crippen LogP contribution in [0.15, 0.2) is 53.3 Å². The van der Waals surface area contributed by atoms with Gasteiger partial charge >= 0.3 is 0 Å². The number of carbonyl (C=O) groups excluding carboxylic acids is 1. The van der Waals surface area contributed by atoms with E-state index in [0.29, 0.717) is 28.4 Å². The zero-order chi connectivity index (χ0) is 20.3. The van der Waals surface area contributed by atoms with E-state index in [1.54, 1.807) is 24.3 Å². The minimum atomic E-state index is -0.445.